The Labute approximate surface area is 106 Å². The molecule has 4 unspecified atom stereocenters. The van der Waals surface area contributed by atoms with Crippen LogP contribution in [0.3, 0.4) is 0 Å². The number of carbonyl (C=O) groups is 1. The molecule has 0 saturated heterocycles. The highest BCUT2D eigenvalue weighted by molar-refractivity contribution is 5.79. The molecule has 1 saturated carbocycles. The molecule has 1 rings (SSSR count). The summed E-state index contributed by atoms with van der Waals surface area (Å²) in [4.78, 5) is 14.5. The Morgan fingerprint density at radius 2 is 2.06 bits per heavy atom. The molecule has 0 spiro atoms. The zero-order valence-electron chi connectivity index (χ0n) is 11.8. The van der Waals surface area contributed by atoms with Crippen LogP contribution in [0.5, 0.6) is 0 Å². The van der Waals surface area contributed by atoms with Gasteiger partial charge < -0.3 is 10.6 Å². The van der Waals surface area contributed by atoms with Gasteiger partial charge in [0.1, 0.15) is 0 Å². The molecule has 0 aromatic carbocycles. The van der Waals surface area contributed by atoms with Crippen LogP contribution in [-0.2, 0) is 4.79 Å². The molecule has 0 aromatic rings. The van der Waals surface area contributed by atoms with Crippen LogP contribution in [-0.4, -0.2) is 29.4 Å². The van der Waals surface area contributed by atoms with Crippen molar-refractivity contribution in [2.45, 2.75) is 65.5 Å². The second-order valence-electron chi connectivity index (χ2n) is 5.53. The Morgan fingerprint density at radius 3 is 2.53 bits per heavy atom. The number of hydrogen-bond donors (Lipinski definition) is 1. The van der Waals surface area contributed by atoms with E-state index >= 15 is 0 Å². The predicted molar refractivity (Wildman–Crippen MR) is 71.6 cm³/mol. The van der Waals surface area contributed by atoms with Crippen LogP contribution in [0.15, 0.2) is 0 Å². The van der Waals surface area contributed by atoms with E-state index < -0.39 is 0 Å². The number of carbonyl (C=O) groups excluding carboxylic acids is 1. The lowest BCUT2D eigenvalue weighted by Crippen LogP contribution is -2.45. The van der Waals surface area contributed by atoms with E-state index in [0.29, 0.717) is 17.9 Å². The topological polar surface area (TPSA) is 46.3 Å². The van der Waals surface area contributed by atoms with Gasteiger partial charge in [0.05, 0.1) is 0 Å². The maximum atomic E-state index is 12.5. The highest BCUT2D eigenvalue weighted by Crippen LogP contribution is 2.30. The molecular formula is C14H28N2O. The number of amides is 1. The molecule has 3 heteroatoms. The van der Waals surface area contributed by atoms with Crippen LogP contribution >= 0.6 is 0 Å². The van der Waals surface area contributed by atoms with Gasteiger partial charge >= 0.3 is 0 Å². The third-order valence-corrected chi connectivity index (χ3v) is 4.33. The summed E-state index contributed by atoms with van der Waals surface area (Å²) in [5.41, 5.74) is 6.01. The van der Waals surface area contributed by atoms with Crippen molar-refractivity contribution in [3.63, 3.8) is 0 Å². The van der Waals surface area contributed by atoms with E-state index in [4.69, 9.17) is 5.73 Å². The Balaban J connectivity index is 2.62. The predicted octanol–water partition coefficient (Wildman–Crippen LogP) is 2.40. The monoisotopic (exact) mass is 240 g/mol. The summed E-state index contributed by atoms with van der Waals surface area (Å²) in [5.74, 6) is 1.03. The van der Waals surface area contributed by atoms with E-state index in [1.165, 1.54) is 0 Å². The molecule has 4 atom stereocenters. The lowest BCUT2D eigenvalue weighted by atomic mass is 9.78. The first-order valence-electron chi connectivity index (χ1n) is 7.07. The van der Waals surface area contributed by atoms with E-state index in [1.807, 2.05) is 4.90 Å². The van der Waals surface area contributed by atoms with Gasteiger partial charge in [-0.15, -0.1) is 0 Å². The minimum Gasteiger partial charge on any atom is -0.340 e. The highest BCUT2D eigenvalue weighted by Gasteiger charge is 2.32. The summed E-state index contributed by atoms with van der Waals surface area (Å²) < 4.78 is 0. The molecule has 100 valence electrons. The van der Waals surface area contributed by atoms with Crippen molar-refractivity contribution in [1.29, 1.82) is 0 Å². The molecule has 1 amide bonds. The Bertz CT molecular complexity index is 255. The molecule has 0 radical (unpaired) electrons. The molecular weight excluding hydrogens is 212 g/mol. The number of hydrogen-bond acceptors (Lipinski definition) is 2. The second kappa shape index (κ2) is 6.39. The van der Waals surface area contributed by atoms with Gasteiger partial charge in [-0.3, -0.25) is 4.79 Å². The number of nitrogens with zero attached hydrogens (tertiary/aromatic N) is 1. The maximum absolute atomic E-state index is 12.5. The normalized spacial score (nSPS) is 31.0. The van der Waals surface area contributed by atoms with Gasteiger partial charge in [0.2, 0.25) is 5.91 Å². The first-order valence-corrected chi connectivity index (χ1v) is 7.07. The Hall–Kier alpha value is -0.570. The quantitative estimate of drug-likeness (QED) is 0.820. The first kappa shape index (κ1) is 14.5. The lowest BCUT2D eigenvalue weighted by molar-refractivity contribution is -0.139. The van der Waals surface area contributed by atoms with Crippen molar-refractivity contribution in [3.05, 3.63) is 0 Å². The van der Waals surface area contributed by atoms with Crippen molar-refractivity contribution < 1.29 is 4.79 Å². The van der Waals surface area contributed by atoms with Gasteiger partial charge in [0.25, 0.3) is 0 Å². The number of nitrogens with two attached hydrogens (primary N) is 1. The fraction of sp³-hybridized carbons (Fsp3) is 0.929. The largest absolute Gasteiger partial charge is 0.340 e. The van der Waals surface area contributed by atoms with Crippen molar-refractivity contribution >= 4 is 5.91 Å². The average Bonchev–Trinajstić information content (AvgIpc) is 2.33. The summed E-state index contributed by atoms with van der Waals surface area (Å²) in [6.07, 6.45) is 3.96. The summed E-state index contributed by atoms with van der Waals surface area (Å²) >= 11 is 0. The molecule has 0 bridgehead atoms. The van der Waals surface area contributed by atoms with Gasteiger partial charge in [0, 0.05) is 24.5 Å². The van der Waals surface area contributed by atoms with Gasteiger partial charge in [0.15, 0.2) is 0 Å². The van der Waals surface area contributed by atoms with Crippen molar-refractivity contribution in [1.82, 2.24) is 4.90 Å². The van der Waals surface area contributed by atoms with E-state index in [2.05, 4.69) is 27.7 Å². The minimum atomic E-state index is 0.207. The van der Waals surface area contributed by atoms with Crippen LogP contribution in [0.2, 0.25) is 0 Å². The SMILES string of the molecule is CCC(C)N(CC)C(=O)C1CCC(N)C(C)C1. The molecule has 3 nitrogen and oxygen atoms in total. The van der Waals surface area contributed by atoms with Crippen LogP contribution in [0.25, 0.3) is 0 Å². The lowest BCUT2D eigenvalue weighted by Gasteiger charge is -2.36. The zero-order valence-corrected chi connectivity index (χ0v) is 11.8. The molecule has 2 N–H and O–H groups in total. The first-order chi connectivity index (χ1) is 8.01. The standard InChI is InChI=1S/C14H28N2O/c1-5-11(4)16(6-2)14(17)12-7-8-13(15)10(3)9-12/h10-13H,5-9,15H2,1-4H3. The third kappa shape index (κ3) is 3.44. The van der Waals surface area contributed by atoms with E-state index in [-0.39, 0.29) is 12.0 Å². The summed E-state index contributed by atoms with van der Waals surface area (Å²) in [6.45, 7) is 9.34. The fourth-order valence-corrected chi connectivity index (χ4v) is 2.78. The molecule has 17 heavy (non-hydrogen) atoms. The maximum Gasteiger partial charge on any atom is 0.225 e. The molecule has 1 aliphatic carbocycles. The second-order valence-corrected chi connectivity index (χ2v) is 5.53. The fourth-order valence-electron chi connectivity index (χ4n) is 2.78. The van der Waals surface area contributed by atoms with Crippen molar-refractivity contribution in [2.75, 3.05) is 6.54 Å². The van der Waals surface area contributed by atoms with E-state index in [9.17, 15) is 4.79 Å². The minimum absolute atomic E-state index is 0.207. The molecule has 1 aliphatic rings. The van der Waals surface area contributed by atoms with Gasteiger partial charge in [-0.1, -0.05) is 13.8 Å². The highest BCUT2D eigenvalue weighted by atomic mass is 16.2. The summed E-state index contributed by atoms with van der Waals surface area (Å²) in [5, 5.41) is 0. The molecule has 0 aliphatic heterocycles. The van der Waals surface area contributed by atoms with Gasteiger partial charge in [-0.2, -0.15) is 0 Å². The third-order valence-electron chi connectivity index (χ3n) is 4.33. The summed E-state index contributed by atoms with van der Waals surface area (Å²) in [7, 11) is 0. The average molecular weight is 240 g/mol. The Kier molecular flexibility index (Phi) is 5.44. The van der Waals surface area contributed by atoms with Crippen LogP contribution in [0, 0.1) is 11.8 Å². The molecule has 0 heterocycles. The Morgan fingerprint density at radius 1 is 1.41 bits per heavy atom. The van der Waals surface area contributed by atoms with Crippen LogP contribution in [0.4, 0.5) is 0 Å². The van der Waals surface area contributed by atoms with Crippen LogP contribution < -0.4 is 5.73 Å². The smallest absolute Gasteiger partial charge is 0.225 e. The summed E-state index contributed by atoms with van der Waals surface area (Å²) in [6, 6.07) is 0.649. The van der Waals surface area contributed by atoms with E-state index in [0.717, 1.165) is 32.2 Å². The number of rotatable bonds is 4. The van der Waals surface area contributed by atoms with Gasteiger partial charge in [-0.25, -0.2) is 0 Å². The zero-order chi connectivity index (χ0) is 13.0. The van der Waals surface area contributed by atoms with Gasteiger partial charge in [-0.05, 0) is 45.4 Å². The van der Waals surface area contributed by atoms with E-state index in [1.54, 1.807) is 0 Å². The van der Waals surface area contributed by atoms with Crippen LogP contribution in [0.1, 0.15) is 53.4 Å². The molecule has 0 aromatic heterocycles. The van der Waals surface area contributed by atoms with Crippen molar-refractivity contribution in [2.24, 2.45) is 17.6 Å². The van der Waals surface area contributed by atoms with Crippen molar-refractivity contribution in [3.8, 4) is 0 Å². The molecule has 1 fully saturated rings.